The number of allylic oxidation sites excluding steroid dienone is 4. The van der Waals surface area contributed by atoms with Crippen LogP contribution in [0.2, 0.25) is 0 Å². The molecule has 1 aliphatic rings. The molecule has 0 N–H and O–H groups in total. The molecule has 0 spiro atoms. The molecule has 0 atom stereocenters. The highest BCUT2D eigenvalue weighted by Crippen LogP contribution is 2.16. The van der Waals surface area contributed by atoms with Crippen molar-refractivity contribution in [2.24, 2.45) is 0 Å². The highest BCUT2D eigenvalue weighted by atomic mass is 14.3. The fraction of sp³-hybridized carbons (Fsp3) is 0.286. The summed E-state index contributed by atoms with van der Waals surface area (Å²) in [6.45, 7) is 1.96. The van der Waals surface area contributed by atoms with E-state index in [1.807, 2.05) is 13.0 Å². The standard InChI is InChI=1S/C7H7N/c1-6-3-2-4-7(6)5-8/h3-4H,2H2,1H3. The molecule has 0 fully saturated rings. The van der Waals surface area contributed by atoms with Crippen molar-refractivity contribution < 1.29 is 0 Å². The maximum Gasteiger partial charge on any atom is 0.0991 e. The van der Waals surface area contributed by atoms with E-state index in [0.29, 0.717) is 0 Å². The topological polar surface area (TPSA) is 23.8 Å². The lowest BCUT2D eigenvalue weighted by Crippen LogP contribution is -1.71. The number of hydrogen-bond acceptors (Lipinski definition) is 1. The van der Waals surface area contributed by atoms with Crippen LogP contribution >= 0.6 is 0 Å². The molecule has 0 aliphatic heterocycles. The van der Waals surface area contributed by atoms with Crippen molar-refractivity contribution in [2.45, 2.75) is 13.3 Å². The van der Waals surface area contributed by atoms with E-state index in [9.17, 15) is 0 Å². The molecule has 0 saturated carbocycles. The van der Waals surface area contributed by atoms with Gasteiger partial charge >= 0.3 is 0 Å². The third-order valence-corrected chi connectivity index (χ3v) is 1.29. The second-order valence-electron chi connectivity index (χ2n) is 1.85. The Balaban J connectivity index is 2.86. The summed E-state index contributed by atoms with van der Waals surface area (Å²) in [7, 11) is 0. The van der Waals surface area contributed by atoms with Gasteiger partial charge in [0.15, 0.2) is 0 Å². The van der Waals surface area contributed by atoms with Gasteiger partial charge in [-0.15, -0.1) is 0 Å². The third kappa shape index (κ3) is 0.651. The van der Waals surface area contributed by atoms with Crippen molar-refractivity contribution in [3.05, 3.63) is 23.3 Å². The van der Waals surface area contributed by atoms with Gasteiger partial charge in [0.05, 0.1) is 11.6 Å². The lowest BCUT2D eigenvalue weighted by molar-refractivity contribution is 1.42. The third-order valence-electron chi connectivity index (χ3n) is 1.29. The van der Waals surface area contributed by atoms with Gasteiger partial charge in [0.25, 0.3) is 0 Å². The summed E-state index contributed by atoms with van der Waals surface area (Å²) in [5, 5.41) is 8.38. The molecule has 0 unspecified atom stereocenters. The molecule has 0 bridgehead atoms. The summed E-state index contributed by atoms with van der Waals surface area (Å²) in [5.41, 5.74) is 1.96. The summed E-state index contributed by atoms with van der Waals surface area (Å²) in [6.07, 6.45) is 4.93. The molecular weight excluding hydrogens is 98.1 g/mol. The van der Waals surface area contributed by atoms with E-state index in [4.69, 9.17) is 5.26 Å². The van der Waals surface area contributed by atoms with Gasteiger partial charge in [0.1, 0.15) is 0 Å². The molecule has 0 amide bonds. The van der Waals surface area contributed by atoms with Gasteiger partial charge < -0.3 is 0 Å². The maximum atomic E-state index is 8.38. The molecule has 40 valence electrons. The average molecular weight is 105 g/mol. The van der Waals surface area contributed by atoms with Crippen LogP contribution in [0.5, 0.6) is 0 Å². The van der Waals surface area contributed by atoms with E-state index in [-0.39, 0.29) is 0 Å². The quantitative estimate of drug-likeness (QED) is 0.460. The Hall–Kier alpha value is -1.03. The van der Waals surface area contributed by atoms with Crippen LogP contribution in [-0.4, -0.2) is 0 Å². The smallest absolute Gasteiger partial charge is 0.0991 e. The normalized spacial score (nSPS) is 17.0. The zero-order valence-electron chi connectivity index (χ0n) is 4.81. The minimum absolute atomic E-state index is 0.838. The SMILES string of the molecule is CC1=CCC=C1C#N. The lowest BCUT2D eigenvalue weighted by atomic mass is 10.2. The first kappa shape index (κ1) is 5.11. The van der Waals surface area contributed by atoms with Crippen molar-refractivity contribution in [2.75, 3.05) is 0 Å². The maximum absolute atomic E-state index is 8.38. The van der Waals surface area contributed by atoms with Crippen LogP contribution in [-0.2, 0) is 0 Å². The van der Waals surface area contributed by atoms with Crippen molar-refractivity contribution >= 4 is 0 Å². The molecule has 0 aromatic rings. The highest BCUT2D eigenvalue weighted by molar-refractivity contribution is 5.44. The zero-order valence-corrected chi connectivity index (χ0v) is 4.81. The molecule has 8 heavy (non-hydrogen) atoms. The Morgan fingerprint density at radius 1 is 1.62 bits per heavy atom. The van der Waals surface area contributed by atoms with Gasteiger partial charge in [-0.25, -0.2) is 0 Å². The largest absolute Gasteiger partial charge is 0.192 e. The fourth-order valence-corrected chi connectivity index (χ4v) is 0.758. The van der Waals surface area contributed by atoms with Gasteiger partial charge in [0, 0.05) is 0 Å². The van der Waals surface area contributed by atoms with E-state index in [1.54, 1.807) is 0 Å². The Labute approximate surface area is 48.9 Å². The van der Waals surface area contributed by atoms with E-state index in [0.717, 1.165) is 17.6 Å². The number of hydrogen-bond donors (Lipinski definition) is 0. The molecule has 0 saturated heterocycles. The highest BCUT2D eigenvalue weighted by Gasteiger charge is 2.01. The van der Waals surface area contributed by atoms with E-state index in [2.05, 4.69) is 12.1 Å². The van der Waals surface area contributed by atoms with Gasteiger partial charge in [-0.05, 0) is 18.9 Å². The minimum atomic E-state index is 0.838. The monoisotopic (exact) mass is 105 g/mol. The molecule has 1 heteroatoms. The molecule has 0 aromatic heterocycles. The van der Waals surface area contributed by atoms with Crippen molar-refractivity contribution in [3.8, 4) is 6.07 Å². The van der Waals surface area contributed by atoms with Crippen LogP contribution in [0, 0.1) is 11.3 Å². The van der Waals surface area contributed by atoms with Crippen molar-refractivity contribution in [3.63, 3.8) is 0 Å². The van der Waals surface area contributed by atoms with Crippen LogP contribution in [0.4, 0.5) is 0 Å². The van der Waals surface area contributed by atoms with Crippen LogP contribution in [0.1, 0.15) is 13.3 Å². The zero-order chi connectivity index (χ0) is 5.98. The van der Waals surface area contributed by atoms with E-state index >= 15 is 0 Å². The molecule has 0 radical (unpaired) electrons. The molecule has 1 nitrogen and oxygen atoms in total. The van der Waals surface area contributed by atoms with Gasteiger partial charge in [-0.3, -0.25) is 0 Å². The van der Waals surface area contributed by atoms with Gasteiger partial charge in [-0.1, -0.05) is 12.2 Å². The first-order chi connectivity index (χ1) is 3.84. The van der Waals surface area contributed by atoms with Crippen LogP contribution in [0.3, 0.4) is 0 Å². The summed E-state index contributed by atoms with van der Waals surface area (Å²) in [4.78, 5) is 0. The Morgan fingerprint density at radius 3 is 2.62 bits per heavy atom. The van der Waals surface area contributed by atoms with Crippen LogP contribution in [0.15, 0.2) is 23.3 Å². The molecule has 0 heterocycles. The first-order valence-corrected chi connectivity index (χ1v) is 2.62. The summed E-state index contributed by atoms with van der Waals surface area (Å²) in [5.74, 6) is 0. The first-order valence-electron chi connectivity index (χ1n) is 2.62. The lowest BCUT2D eigenvalue weighted by Gasteiger charge is -1.84. The Kier molecular flexibility index (Phi) is 1.17. The van der Waals surface area contributed by atoms with E-state index < -0.39 is 0 Å². The van der Waals surface area contributed by atoms with Crippen LogP contribution in [0.25, 0.3) is 0 Å². The van der Waals surface area contributed by atoms with Gasteiger partial charge in [0.2, 0.25) is 0 Å². The Bertz CT molecular complexity index is 191. The summed E-state index contributed by atoms with van der Waals surface area (Å²) >= 11 is 0. The second kappa shape index (κ2) is 1.83. The number of rotatable bonds is 0. The van der Waals surface area contributed by atoms with Crippen molar-refractivity contribution in [1.82, 2.24) is 0 Å². The number of nitrogens with zero attached hydrogens (tertiary/aromatic N) is 1. The summed E-state index contributed by atoms with van der Waals surface area (Å²) in [6, 6.07) is 2.11. The molecule has 0 aromatic carbocycles. The van der Waals surface area contributed by atoms with Gasteiger partial charge in [-0.2, -0.15) is 5.26 Å². The second-order valence-corrected chi connectivity index (χ2v) is 1.85. The molecule has 1 rings (SSSR count). The molecular formula is C7H7N. The molecule has 1 aliphatic carbocycles. The van der Waals surface area contributed by atoms with Crippen molar-refractivity contribution in [1.29, 1.82) is 5.26 Å². The minimum Gasteiger partial charge on any atom is -0.192 e. The predicted octanol–water partition coefficient (Wildman–Crippen LogP) is 1.79. The van der Waals surface area contributed by atoms with Crippen LogP contribution < -0.4 is 0 Å². The predicted molar refractivity (Wildman–Crippen MR) is 32.1 cm³/mol. The van der Waals surface area contributed by atoms with E-state index in [1.165, 1.54) is 0 Å². The Morgan fingerprint density at radius 2 is 2.38 bits per heavy atom. The summed E-state index contributed by atoms with van der Waals surface area (Å²) < 4.78 is 0. The fourth-order valence-electron chi connectivity index (χ4n) is 0.758. The average Bonchev–Trinajstić information content (AvgIpc) is 2.14. The number of nitriles is 1.